The second-order valence-corrected chi connectivity index (χ2v) is 12.1. The van der Waals surface area contributed by atoms with Crippen LogP contribution in [0.1, 0.15) is 84.6 Å². The van der Waals surface area contributed by atoms with Crippen molar-refractivity contribution in [1.82, 2.24) is 4.90 Å². The third-order valence-electron chi connectivity index (χ3n) is 7.97. The predicted octanol–water partition coefficient (Wildman–Crippen LogP) is 8.34. The van der Waals surface area contributed by atoms with Crippen LogP contribution in [-0.4, -0.2) is 49.3 Å². The van der Waals surface area contributed by atoms with Gasteiger partial charge in [-0.3, -0.25) is 9.69 Å². The molecule has 1 saturated heterocycles. The smallest absolute Gasteiger partial charge is 0.177 e. The maximum atomic E-state index is 12.4. The molecule has 4 heteroatoms. The van der Waals surface area contributed by atoms with Gasteiger partial charge in [-0.2, -0.15) is 0 Å². The second kappa shape index (κ2) is 16.0. The number of rotatable bonds is 10. The second-order valence-electron chi connectivity index (χ2n) is 12.1. The number of allylic oxidation sites excluding steroid dienone is 4. The molecule has 3 aliphatic rings. The first-order chi connectivity index (χ1) is 19.1. The molecule has 2 heterocycles. The van der Waals surface area contributed by atoms with E-state index in [4.69, 9.17) is 9.47 Å². The number of carbonyl (C=O) groups excluding carboxylic acids is 1. The summed E-state index contributed by atoms with van der Waals surface area (Å²) in [5.41, 5.74) is 7.34. The van der Waals surface area contributed by atoms with E-state index in [1.54, 1.807) is 0 Å². The summed E-state index contributed by atoms with van der Waals surface area (Å²) >= 11 is 0. The Morgan fingerprint density at radius 2 is 1.70 bits per heavy atom. The van der Waals surface area contributed by atoms with Crippen LogP contribution in [-0.2, 0) is 14.3 Å². The van der Waals surface area contributed by atoms with Crippen molar-refractivity contribution >= 4 is 5.78 Å². The van der Waals surface area contributed by atoms with E-state index < -0.39 is 0 Å². The average Bonchev–Trinajstić information content (AvgIpc) is 2.90. The first kappa shape index (κ1) is 32.0. The van der Waals surface area contributed by atoms with Gasteiger partial charge in [-0.25, -0.2) is 0 Å². The van der Waals surface area contributed by atoms with Crippen molar-refractivity contribution in [2.24, 2.45) is 5.92 Å². The zero-order chi connectivity index (χ0) is 29.1. The minimum atomic E-state index is -0.352. The SMILES string of the molecule is C=C(C)CCC=C(C)C.C=C(C)CCO[C@@H]1C=C(CN2CCC(c3ccccc3)CC2)[C@H]2CC(=O)C(C)=C[C@H]2O1. The van der Waals surface area contributed by atoms with Crippen molar-refractivity contribution in [2.75, 3.05) is 26.2 Å². The Hall–Kier alpha value is -2.53. The van der Waals surface area contributed by atoms with Gasteiger partial charge in [-0.1, -0.05) is 53.1 Å². The molecule has 0 bridgehead atoms. The van der Waals surface area contributed by atoms with Crippen LogP contribution in [0.15, 0.2) is 89.6 Å². The number of piperidine rings is 1. The van der Waals surface area contributed by atoms with Crippen molar-refractivity contribution in [3.05, 3.63) is 95.1 Å². The molecular weight excluding hydrogens is 494 g/mol. The molecule has 1 aromatic carbocycles. The number of hydrogen-bond acceptors (Lipinski definition) is 4. The van der Waals surface area contributed by atoms with Gasteiger partial charge in [0, 0.05) is 18.9 Å². The van der Waals surface area contributed by atoms with Crippen LogP contribution in [0, 0.1) is 5.92 Å². The fraction of sp³-hybridized carbons (Fsp3) is 0.528. The Balaban J connectivity index is 0.000000424. The molecule has 40 heavy (non-hydrogen) atoms. The summed E-state index contributed by atoms with van der Waals surface area (Å²) in [6, 6.07) is 10.9. The minimum Gasteiger partial charge on any atom is -0.349 e. The van der Waals surface area contributed by atoms with E-state index in [-0.39, 0.29) is 24.1 Å². The van der Waals surface area contributed by atoms with E-state index in [9.17, 15) is 4.79 Å². The number of likely N-dealkylation sites (tertiary alicyclic amines) is 1. The van der Waals surface area contributed by atoms with E-state index in [0.717, 1.165) is 50.0 Å². The van der Waals surface area contributed by atoms with E-state index in [0.29, 0.717) is 18.9 Å². The topological polar surface area (TPSA) is 38.8 Å². The summed E-state index contributed by atoms with van der Waals surface area (Å²) in [7, 11) is 0. The molecule has 0 unspecified atom stereocenters. The van der Waals surface area contributed by atoms with Crippen molar-refractivity contribution in [3.63, 3.8) is 0 Å². The maximum Gasteiger partial charge on any atom is 0.177 e. The molecular formula is C36H51NO3. The number of benzene rings is 1. The van der Waals surface area contributed by atoms with Gasteiger partial charge in [-0.15, -0.1) is 13.2 Å². The number of carbonyl (C=O) groups is 1. The largest absolute Gasteiger partial charge is 0.349 e. The highest BCUT2D eigenvalue weighted by Gasteiger charge is 2.37. The van der Waals surface area contributed by atoms with Crippen LogP contribution in [0.5, 0.6) is 0 Å². The summed E-state index contributed by atoms with van der Waals surface area (Å²) in [6.45, 7) is 21.7. The van der Waals surface area contributed by atoms with Crippen LogP contribution >= 0.6 is 0 Å². The van der Waals surface area contributed by atoms with Crippen LogP contribution in [0.2, 0.25) is 0 Å². The molecule has 0 radical (unpaired) electrons. The third kappa shape index (κ3) is 10.5. The molecule has 0 saturated carbocycles. The number of ether oxygens (including phenoxy) is 2. The zero-order valence-electron chi connectivity index (χ0n) is 25.6. The Morgan fingerprint density at radius 3 is 2.33 bits per heavy atom. The fourth-order valence-electron chi connectivity index (χ4n) is 5.52. The standard InChI is InChI=1S/C27H35NO3.C9H16/c1-19(2)11-14-30-27-16-23(24-17-25(29)20(3)15-26(24)31-27)18-28-12-9-22(10-13-28)21-7-5-4-6-8-21;1-8(2)6-5-7-9(3)4/h4-8,15-16,22,24,26-27H,1,9-14,17-18H2,2-3H3;7H,1,5-6H2,2-4H3/t24-,26-,27+;/m1./s1. The highest BCUT2D eigenvalue weighted by atomic mass is 16.7. The normalized spacial score (nSPS) is 23.2. The molecule has 0 N–H and O–H groups in total. The predicted molar refractivity (Wildman–Crippen MR) is 167 cm³/mol. The molecule has 1 aliphatic carbocycles. The maximum absolute atomic E-state index is 12.4. The molecule has 1 aromatic rings. The number of ketones is 1. The van der Waals surface area contributed by atoms with Crippen LogP contribution in [0.3, 0.4) is 0 Å². The van der Waals surface area contributed by atoms with Crippen LogP contribution in [0.4, 0.5) is 0 Å². The van der Waals surface area contributed by atoms with Gasteiger partial charge >= 0.3 is 0 Å². The minimum absolute atomic E-state index is 0.0746. The van der Waals surface area contributed by atoms with Gasteiger partial charge in [0.1, 0.15) is 0 Å². The quantitative estimate of drug-likeness (QED) is 0.277. The van der Waals surface area contributed by atoms with Crippen molar-refractivity contribution in [3.8, 4) is 0 Å². The van der Waals surface area contributed by atoms with Gasteiger partial charge in [0.15, 0.2) is 12.1 Å². The molecule has 218 valence electrons. The lowest BCUT2D eigenvalue weighted by Crippen LogP contribution is -2.43. The molecule has 1 fully saturated rings. The summed E-state index contributed by atoms with van der Waals surface area (Å²) in [4.78, 5) is 14.9. The van der Waals surface area contributed by atoms with E-state index in [1.165, 1.54) is 35.1 Å². The Morgan fingerprint density at radius 1 is 1.02 bits per heavy atom. The summed E-state index contributed by atoms with van der Waals surface area (Å²) in [5.74, 6) is 1.01. The molecule has 4 nitrogen and oxygen atoms in total. The van der Waals surface area contributed by atoms with Crippen LogP contribution < -0.4 is 0 Å². The molecule has 3 atom stereocenters. The molecule has 0 spiro atoms. The van der Waals surface area contributed by atoms with E-state index in [2.05, 4.69) is 81.3 Å². The lowest BCUT2D eigenvalue weighted by Gasteiger charge is -2.40. The number of fused-ring (bicyclic) bond motifs is 1. The lowest BCUT2D eigenvalue weighted by molar-refractivity contribution is -0.153. The fourth-order valence-corrected chi connectivity index (χ4v) is 5.52. The van der Waals surface area contributed by atoms with Gasteiger partial charge < -0.3 is 9.47 Å². The van der Waals surface area contributed by atoms with Crippen LogP contribution in [0.25, 0.3) is 0 Å². The molecule has 4 rings (SSSR count). The van der Waals surface area contributed by atoms with Crippen molar-refractivity contribution in [1.29, 1.82) is 0 Å². The van der Waals surface area contributed by atoms with Gasteiger partial charge in [0.25, 0.3) is 0 Å². The number of Topliss-reactive ketones (excluding diaryl/α,β-unsaturated/α-hetero) is 1. The highest BCUT2D eigenvalue weighted by Crippen LogP contribution is 2.36. The average molecular weight is 546 g/mol. The van der Waals surface area contributed by atoms with Crippen molar-refractivity contribution < 1.29 is 14.3 Å². The monoisotopic (exact) mass is 545 g/mol. The van der Waals surface area contributed by atoms with Crippen molar-refractivity contribution in [2.45, 2.75) is 91.5 Å². The summed E-state index contributed by atoms with van der Waals surface area (Å²) in [6.07, 6.45) is 12.0. The third-order valence-corrected chi connectivity index (χ3v) is 7.97. The lowest BCUT2D eigenvalue weighted by atomic mass is 9.79. The Kier molecular flexibility index (Phi) is 12.8. The van der Waals surface area contributed by atoms with E-state index >= 15 is 0 Å². The van der Waals surface area contributed by atoms with E-state index in [1.807, 2.05) is 19.9 Å². The molecule has 0 aromatic heterocycles. The summed E-state index contributed by atoms with van der Waals surface area (Å²) < 4.78 is 12.2. The first-order valence-electron chi connectivity index (χ1n) is 15.0. The van der Waals surface area contributed by atoms with Gasteiger partial charge in [0.05, 0.1) is 12.7 Å². The van der Waals surface area contributed by atoms with Gasteiger partial charge in [-0.05, 0) is 115 Å². The number of nitrogens with zero attached hydrogens (tertiary/aromatic N) is 1. The Labute approximate surface area is 243 Å². The zero-order valence-corrected chi connectivity index (χ0v) is 25.6. The van der Waals surface area contributed by atoms with Gasteiger partial charge in [0.2, 0.25) is 0 Å². The highest BCUT2D eigenvalue weighted by molar-refractivity contribution is 5.96. The number of hydrogen-bond donors (Lipinski definition) is 0. The molecule has 2 aliphatic heterocycles. The molecule has 0 amide bonds. The Bertz CT molecular complexity index is 1080. The first-order valence-corrected chi connectivity index (χ1v) is 15.0. The summed E-state index contributed by atoms with van der Waals surface area (Å²) in [5, 5.41) is 0.